The second-order valence-electron chi connectivity index (χ2n) is 4.38. The first-order chi connectivity index (χ1) is 8.58. The number of carbonyl (C=O) groups is 1. The summed E-state index contributed by atoms with van der Waals surface area (Å²) in [5.74, 6) is -0.0968. The van der Waals surface area contributed by atoms with Gasteiger partial charge in [-0.3, -0.25) is 9.69 Å². The van der Waals surface area contributed by atoms with E-state index in [1.165, 1.54) is 0 Å². The van der Waals surface area contributed by atoms with E-state index in [4.69, 9.17) is 5.26 Å². The van der Waals surface area contributed by atoms with Gasteiger partial charge in [0.25, 0.3) is 0 Å². The predicted molar refractivity (Wildman–Crippen MR) is 72.2 cm³/mol. The first-order valence-corrected chi connectivity index (χ1v) is 6.07. The maximum Gasteiger partial charge on any atom is 0.238 e. The van der Waals surface area contributed by atoms with Crippen molar-refractivity contribution in [3.8, 4) is 6.07 Å². The maximum absolute atomic E-state index is 11.8. The molecule has 0 aliphatic heterocycles. The number of nitrogens with zero attached hydrogens (tertiary/aromatic N) is 2. The van der Waals surface area contributed by atoms with Crippen molar-refractivity contribution in [2.75, 3.05) is 18.9 Å². The Morgan fingerprint density at radius 2 is 2.17 bits per heavy atom. The number of likely N-dealkylation sites (N-methyl/N-ethyl adjacent to an activating group) is 1. The van der Waals surface area contributed by atoms with Crippen molar-refractivity contribution in [1.82, 2.24) is 4.90 Å². The van der Waals surface area contributed by atoms with Crippen molar-refractivity contribution in [1.29, 1.82) is 5.26 Å². The number of rotatable bonds is 5. The fourth-order valence-corrected chi connectivity index (χ4v) is 1.57. The Morgan fingerprint density at radius 1 is 1.50 bits per heavy atom. The van der Waals surface area contributed by atoms with Gasteiger partial charge >= 0.3 is 0 Å². The molecule has 1 aromatic carbocycles. The highest BCUT2D eigenvalue weighted by atomic mass is 16.2. The minimum Gasteiger partial charge on any atom is -0.324 e. The van der Waals surface area contributed by atoms with Gasteiger partial charge in [0.05, 0.1) is 17.8 Å². The van der Waals surface area contributed by atoms with Crippen LogP contribution < -0.4 is 5.32 Å². The van der Waals surface area contributed by atoms with Crippen LogP contribution in [0.2, 0.25) is 0 Å². The molecule has 1 unspecified atom stereocenters. The lowest BCUT2D eigenvalue weighted by Crippen LogP contribution is -2.36. The van der Waals surface area contributed by atoms with Crippen molar-refractivity contribution in [3.63, 3.8) is 0 Å². The Morgan fingerprint density at radius 3 is 2.78 bits per heavy atom. The molecule has 0 spiro atoms. The molecule has 1 N–H and O–H groups in total. The molecule has 0 aliphatic carbocycles. The summed E-state index contributed by atoms with van der Waals surface area (Å²) in [5, 5.41) is 11.7. The van der Waals surface area contributed by atoms with E-state index < -0.39 is 0 Å². The van der Waals surface area contributed by atoms with Crippen molar-refractivity contribution in [3.05, 3.63) is 29.8 Å². The summed E-state index contributed by atoms with van der Waals surface area (Å²) in [6, 6.07) is 9.42. The third-order valence-electron chi connectivity index (χ3n) is 3.06. The molecule has 0 saturated heterocycles. The summed E-state index contributed by atoms with van der Waals surface area (Å²) in [6.07, 6.45) is 0.999. The predicted octanol–water partition coefficient (Wildman–Crippen LogP) is 2.23. The lowest BCUT2D eigenvalue weighted by atomic mass is 10.2. The van der Waals surface area contributed by atoms with Crippen molar-refractivity contribution >= 4 is 11.6 Å². The molecule has 1 amide bonds. The number of nitrogens with one attached hydrogen (secondary N) is 1. The summed E-state index contributed by atoms with van der Waals surface area (Å²) in [6.45, 7) is 4.50. The molecule has 1 atom stereocenters. The first-order valence-electron chi connectivity index (χ1n) is 6.07. The average molecular weight is 245 g/mol. The van der Waals surface area contributed by atoms with E-state index in [0.29, 0.717) is 23.8 Å². The van der Waals surface area contributed by atoms with Crippen LogP contribution in [0.25, 0.3) is 0 Å². The Hall–Kier alpha value is -1.86. The van der Waals surface area contributed by atoms with Crippen LogP contribution in [0.15, 0.2) is 24.3 Å². The van der Waals surface area contributed by atoms with E-state index in [1.54, 1.807) is 24.3 Å². The van der Waals surface area contributed by atoms with Crippen LogP contribution in [-0.2, 0) is 4.79 Å². The van der Waals surface area contributed by atoms with Gasteiger partial charge in [0.15, 0.2) is 0 Å². The van der Waals surface area contributed by atoms with Crippen LogP contribution >= 0.6 is 0 Å². The number of para-hydroxylation sites is 1. The zero-order chi connectivity index (χ0) is 13.5. The van der Waals surface area contributed by atoms with Crippen molar-refractivity contribution in [2.45, 2.75) is 26.3 Å². The minimum atomic E-state index is -0.0968. The monoisotopic (exact) mass is 245 g/mol. The van der Waals surface area contributed by atoms with Gasteiger partial charge in [0.1, 0.15) is 6.07 Å². The van der Waals surface area contributed by atoms with Crippen LogP contribution in [0.4, 0.5) is 5.69 Å². The van der Waals surface area contributed by atoms with E-state index in [2.05, 4.69) is 25.2 Å². The fraction of sp³-hybridized carbons (Fsp3) is 0.429. The average Bonchev–Trinajstić information content (AvgIpc) is 2.38. The van der Waals surface area contributed by atoms with E-state index in [9.17, 15) is 4.79 Å². The van der Waals surface area contributed by atoms with Crippen molar-refractivity contribution in [2.24, 2.45) is 0 Å². The molecule has 96 valence electrons. The zero-order valence-electron chi connectivity index (χ0n) is 11.1. The van der Waals surface area contributed by atoms with E-state index >= 15 is 0 Å². The standard InChI is InChI=1S/C14H19N3O/c1-4-11(2)17(3)10-14(18)16-13-8-6-5-7-12(13)9-15/h5-8,11H,4,10H2,1-3H3,(H,16,18). The zero-order valence-corrected chi connectivity index (χ0v) is 11.1. The summed E-state index contributed by atoms with van der Waals surface area (Å²) >= 11 is 0. The summed E-state index contributed by atoms with van der Waals surface area (Å²) in [7, 11) is 1.92. The second kappa shape index (κ2) is 6.77. The molecule has 4 nitrogen and oxygen atoms in total. The SMILES string of the molecule is CCC(C)N(C)CC(=O)Nc1ccccc1C#N. The molecular formula is C14H19N3O. The molecule has 0 bridgehead atoms. The van der Waals surface area contributed by atoms with E-state index in [1.807, 2.05) is 11.9 Å². The highest BCUT2D eigenvalue weighted by Gasteiger charge is 2.12. The lowest BCUT2D eigenvalue weighted by molar-refractivity contribution is -0.117. The quantitative estimate of drug-likeness (QED) is 0.865. The summed E-state index contributed by atoms with van der Waals surface area (Å²) in [4.78, 5) is 13.8. The third-order valence-corrected chi connectivity index (χ3v) is 3.06. The molecule has 0 radical (unpaired) electrons. The van der Waals surface area contributed by atoms with Crippen LogP contribution in [0.1, 0.15) is 25.8 Å². The van der Waals surface area contributed by atoms with Gasteiger partial charge in [-0.2, -0.15) is 5.26 Å². The third kappa shape index (κ3) is 3.86. The lowest BCUT2D eigenvalue weighted by Gasteiger charge is -2.22. The van der Waals surface area contributed by atoms with Crippen LogP contribution in [0.3, 0.4) is 0 Å². The number of hydrogen-bond acceptors (Lipinski definition) is 3. The molecule has 0 aliphatic rings. The number of benzene rings is 1. The Kier molecular flexibility index (Phi) is 5.34. The number of nitriles is 1. The molecule has 1 rings (SSSR count). The molecule has 1 aromatic rings. The second-order valence-corrected chi connectivity index (χ2v) is 4.38. The molecule has 0 aromatic heterocycles. The van der Waals surface area contributed by atoms with Gasteiger partial charge in [-0.25, -0.2) is 0 Å². The number of hydrogen-bond donors (Lipinski definition) is 1. The summed E-state index contributed by atoms with van der Waals surface area (Å²) < 4.78 is 0. The normalized spacial score (nSPS) is 11.9. The van der Waals surface area contributed by atoms with Gasteiger partial charge in [0, 0.05) is 6.04 Å². The molecule has 0 saturated carbocycles. The largest absolute Gasteiger partial charge is 0.324 e. The number of carbonyl (C=O) groups excluding carboxylic acids is 1. The Balaban J connectivity index is 2.63. The van der Waals surface area contributed by atoms with Gasteiger partial charge in [0.2, 0.25) is 5.91 Å². The highest BCUT2D eigenvalue weighted by Crippen LogP contribution is 2.13. The van der Waals surface area contributed by atoms with Crippen molar-refractivity contribution < 1.29 is 4.79 Å². The van der Waals surface area contributed by atoms with E-state index in [-0.39, 0.29) is 5.91 Å². The maximum atomic E-state index is 11.8. The van der Waals surface area contributed by atoms with Crippen LogP contribution in [0.5, 0.6) is 0 Å². The molecular weight excluding hydrogens is 226 g/mol. The van der Waals surface area contributed by atoms with Crippen LogP contribution in [0, 0.1) is 11.3 Å². The minimum absolute atomic E-state index is 0.0968. The van der Waals surface area contributed by atoms with Crippen LogP contribution in [-0.4, -0.2) is 30.4 Å². The topological polar surface area (TPSA) is 56.1 Å². The number of amides is 1. The van der Waals surface area contributed by atoms with Gasteiger partial charge in [-0.05, 0) is 32.5 Å². The molecule has 18 heavy (non-hydrogen) atoms. The molecule has 4 heteroatoms. The summed E-state index contributed by atoms with van der Waals surface area (Å²) in [5.41, 5.74) is 1.06. The van der Waals surface area contributed by atoms with E-state index in [0.717, 1.165) is 6.42 Å². The fourth-order valence-electron chi connectivity index (χ4n) is 1.57. The van der Waals surface area contributed by atoms with Gasteiger partial charge < -0.3 is 5.32 Å². The number of anilines is 1. The smallest absolute Gasteiger partial charge is 0.238 e. The molecule has 0 heterocycles. The first kappa shape index (κ1) is 14.2. The Bertz CT molecular complexity index is 451. The van der Waals surface area contributed by atoms with Gasteiger partial charge in [-0.1, -0.05) is 19.1 Å². The highest BCUT2D eigenvalue weighted by molar-refractivity contribution is 5.93. The Labute approximate surface area is 108 Å². The van der Waals surface area contributed by atoms with Gasteiger partial charge in [-0.15, -0.1) is 0 Å². The molecule has 0 fully saturated rings.